The number of carboxylic acid groups (broad SMARTS) is 1. The van der Waals surface area contributed by atoms with Gasteiger partial charge in [0, 0.05) is 23.0 Å². The monoisotopic (exact) mass is 392 g/mol. The highest BCUT2D eigenvalue weighted by molar-refractivity contribution is 6.33. The van der Waals surface area contributed by atoms with Gasteiger partial charge in [-0.25, -0.2) is 14.8 Å². The van der Waals surface area contributed by atoms with Crippen molar-refractivity contribution in [1.82, 2.24) is 15.0 Å². The van der Waals surface area contributed by atoms with Crippen molar-refractivity contribution in [2.24, 2.45) is 0 Å². The molecule has 7 heteroatoms. The Morgan fingerprint density at radius 3 is 2.61 bits per heavy atom. The molecule has 0 saturated carbocycles. The fourth-order valence-corrected chi connectivity index (χ4v) is 2.89. The summed E-state index contributed by atoms with van der Waals surface area (Å²) in [7, 11) is 0. The Morgan fingerprint density at radius 1 is 1.21 bits per heavy atom. The molecule has 3 N–H and O–H groups in total. The zero-order chi connectivity index (χ0) is 20.3. The predicted octanol–water partition coefficient (Wildman–Crippen LogP) is 3.74. The van der Waals surface area contributed by atoms with Gasteiger partial charge >= 0.3 is 5.97 Å². The minimum absolute atomic E-state index is 0.0129. The zero-order valence-corrected chi connectivity index (χ0v) is 16.1. The maximum Gasteiger partial charge on any atom is 0.337 e. The van der Waals surface area contributed by atoms with Crippen LogP contribution in [0.2, 0.25) is 5.02 Å². The largest absolute Gasteiger partial charge is 0.478 e. The first-order valence-electron chi connectivity index (χ1n) is 8.53. The second-order valence-corrected chi connectivity index (χ2v) is 6.44. The lowest BCUT2D eigenvalue weighted by Gasteiger charge is -2.09. The Morgan fingerprint density at radius 2 is 2.00 bits per heavy atom. The molecule has 28 heavy (non-hydrogen) atoms. The van der Waals surface area contributed by atoms with Gasteiger partial charge in [0.15, 0.2) is 0 Å². The second kappa shape index (κ2) is 8.07. The Balaban J connectivity index is 2.09. The van der Waals surface area contributed by atoms with E-state index in [1.54, 1.807) is 19.2 Å². The summed E-state index contributed by atoms with van der Waals surface area (Å²) in [5, 5.41) is 9.27. The van der Waals surface area contributed by atoms with Crippen LogP contribution in [0.25, 0.3) is 11.3 Å². The van der Waals surface area contributed by atoms with Gasteiger partial charge in [-0.05, 0) is 37.6 Å². The lowest BCUT2D eigenvalue weighted by molar-refractivity contribution is 0.0697. The SMILES string of the molecule is CCc1ccc(C#Cc2c(C)nc(N)nc2-c2ccc(C(=O)O)c(Cl)c2)cn1. The van der Waals surface area contributed by atoms with Gasteiger partial charge in [0.25, 0.3) is 0 Å². The third-order valence-electron chi connectivity index (χ3n) is 4.10. The van der Waals surface area contributed by atoms with Gasteiger partial charge in [0.1, 0.15) is 0 Å². The van der Waals surface area contributed by atoms with Crippen LogP contribution in [-0.2, 0) is 6.42 Å². The molecule has 2 aromatic heterocycles. The van der Waals surface area contributed by atoms with Crippen LogP contribution in [-0.4, -0.2) is 26.0 Å². The highest BCUT2D eigenvalue weighted by atomic mass is 35.5. The number of nitrogens with zero attached hydrogens (tertiary/aromatic N) is 3. The molecule has 0 saturated heterocycles. The molecule has 2 heterocycles. The number of anilines is 1. The number of nitrogen functional groups attached to an aromatic ring is 1. The Hall–Kier alpha value is -3.43. The number of carboxylic acids is 1. The van der Waals surface area contributed by atoms with E-state index in [0.29, 0.717) is 22.5 Å². The summed E-state index contributed by atoms with van der Waals surface area (Å²) in [6, 6.07) is 8.43. The molecule has 0 radical (unpaired) electrons. The molecule has 0 spiro atoms. The molecule has 0 aliphatic heterocycles. The maximum absolute atomic E-state index is 11.2. The van der Waals surface area contributed by atoms with E-state index in [9.17, 15) is 4.79 Å². The number of rotatable bonds is 3. The fourth-order valence-electron chi connectivity index (χ4n) is 2.63. The molecular weight excluding hydrogens is 376 g/mol. The van der Waals surface area contributed by atoms with E-state index >= 15 is 0 Å². The number of halogens is 1. The number of aromatic carboxylic acids is 1. The number of benzene rings is 1. The van der Waals surface area contributed by atoms with Crippen LogP contribution in [0.3, 0.4) is 0 Å². The molecule has 3 rings (SSSR count). The molecule has 0 aliphatic carbocycles. The standard InChI is InChI=1S/C21H17ClN4O2/c1-3-15-7-4-13(11-24-15)5-8-16-12(2)25-21(23)26-19(16)14-6-9-17(20(27)28)18(22)10-14/h4,6-7,9-11H,3H2,1-2H3,(H,27,28)(H2,23,25,26). The normalized spacial score (nSPS) is 10.2. The third kappa shape index (κ3) is 4.11. The summed E-state index contributed by atoms with van der Waals surface area (Å²) >= 11 is 6.11. The van der Waals surface area contributed by atoms with E-state index in [2.05, 4.69) is 26.8 Å². The van der Waals surface area contributed by atoms with E-state index in [1.807, 2.05) is 19.1 Å². The minimum atomic E-state index is -1.10. The van der Waals surface area contributed by atoms with Crippen molar-refractivity contribution < 1.29 is 9.90 Å². The number of hydrogen-bond acceptors (Lipinski definition) is 5. The molecule has 0 bridgehead atoms. The quantitative estimate of drug-likeness (QED) is 0.658. The fraction of sp³-hybridized carbons (Fsp3) is 0.143. The van der Waals surface area contributed by atoms with Crippen molar-refractivity contribution in [2.75, 3.05) is 5.73 Å². The van der Waals surface area contributed by atoms with Gasteiger partial charge in [-0.15, -0.1) is 0 Å². The predicted molar refractivity (Wildman–Crippen MR) is 108 cm³/mol. The summed E-state index contributed by atoms with van der Waals surface area (Å²) in [5.74, 6) is 5.16. The molecule has 0 atom stereocenters. The lowest BCUT2D eigenvalue weighted by Crippen LogP contribution is -2.03. The molecule has 3 aromatic rings. The van der Waals surface area contributed by atoms with Crippen LogP contribution in [0.4, 0.5) is 5.95 Å². The molecule has 0 amide bonds. The van der Waals surface area contributed by atoms with Gasteiger partial charge < -0.3 is 10.8 Å². The van der Waals surface area contributed by atoms with Crippen molar-refractivity contribution in [2.45, 2.75) is 20.3 Å². The second-order valence-electron chi connectivity index (χ2n) is 6.03. The molecule has 0 unspecified atom stereocenters. The van der Waals surface area contributed by atoms with Crippen molar-refractivity contribution in [3.05, 3.63) is 69.6 Å². The smallest absolute Gasteiger partial charge is 0.337 e. The van der Waals surface area contributed by atoms with Gasteiger partial charge in [-0.2, -0.15) is 0 Å². The number of carbonyl (C=O) groups is 1. The average molecular weight is 393 g/mol. The molecule has 0 aliphatic rings. The van der Waals surface area contributed by atoms with Crippen LogP contribution < -0.4 is 5.73 Å². The van der Waals surface area contributed by atoms with Gasteiger partial charge in [-0.1, -0.05) is 36.4 Å². The van der Waals surface area contributed by atoms with E-state index in [-0.39, 0.29) is 16.5 Å². The zero-order valence-electron chi connectivity index (χ0n) is 15.3. The van der Waals surface area contributed by atoms with Crippen LogP contribution in [0.15, 0.2) is 36.5 Å². The van der Waals surface area contributed by atoms with Gasteiger partial charge in [0.05, 0.1) is 27.5 Å². The number of nitrogens with two attached hydrogens (primary N) is 1. The highest BCUT2D eigenvalue weighted by Gasteiger charge is 2.15. The average Bonchev–Trinajstić information content (AvgIpc) is 2.66. The van der Waals surface area contributed by atoms with Crippen molar-refractivity contribution >= 4 is 23.5 Å². The third-order valence-corrected chi connectivity index (χ3v) is 4.41. The van der Waals surface area contributed by atoms with Crippen LogP contribution in [0.5, 0.6) is 0 Å². The summed E-state index contributed by atoms with van der Waals surface area (Å²) in [5.41, 5.74) is 9.89. The van der Waals surface area contributed by atoms with Crippen molar-refractivity contribution in [3.8, 4) is 23.1 Å². The highest BCUT2D eigenvalue weighted by Crippen LogP contribution is 2.28. The summed E-state index contributed by atoms with van der Waals surface area (Å²) in [4.78, 5) is 24.0. The first kappa shape index (κ1) is 19.3. The Bertz CT molecular complexity index is 1120. The van der Waals surface area contributed by atoms with E-state index < -0.39 is 5.97 Å². The first-order chi connectivity index (χ1) is 13.4. The number of hydrogen-bond donors (Lipinski definition) is 2. The maximum atomic E-state index is 11.2. The number of aryl methyl sites for hydroxylation is 2. The molecule has 0 fully saturated rings. The van der Waals surface area contributed by atoms with Crippen LogP contribution in [0.1, 0.15) is 39.8 Å². The Kier molecular flexibility index (Phi) is 5.57. The van der Waals surface area contributed by atoms with Gasteiger partial charge in [0.2, 0.25) is 5.95 Å². The van der Waals surface area contributed by atoms with Crippen molar-refractivity contribution in [3.63, 3.8) is 0 Å². The number of aromatic nitrogens is 3. The topological polar surface area (TPSA) is 102 Å². The molecule has 140 valence electrons. The molecule has 1 aromatic carbocycles. The Labute approximate surface area is 167 Å². The van der Waals surface area contributed by atoms with Crippen LogP contribution >= 0.6 is 11.6 Å². The van der Waals surface area contributed by atoms with E-state index in [1.165, 1.54) is 12.1 Å². The summed E-state index contributed by atoms with van der Waals surface area (Å²) in [6.07, 6.45) is 2.58. The van der Waals surface area contributed by atoms with Crippen LogP contribution in [0, 0.1) is 18.8 Å². The van der Waals surface area contributed by atoms with Crippen molar-refractivity contribution in [1.29, 1.82) is 0 Å². The van der Waals surface area contributed by atoms with E-state index in [0.717, 1.165) is 17.7 Å². The molecular formula is C21H17ClN4O2. The number of pyridine rings is 1. The first-order valence-corrected chi connectivity index (χ1v) is 8.91. The summed E-state index contributed by atoms with van der Waals surface area (Å²) < 4.78 is 0. The molecule has 6 nitrogen and oxygen atoms in total. The lowest BCUT2D eigenvalue weighted by atomic mass is 10.0. The minimum Gasteiger partial charge on any atom is -0.478 e. The summed E-state index contributed by atoms with van der Waals surface area (Å²) in [6.45, 7) is 3.83. The van der Waals surface area contributed by atoms with E-state index in [4.69, 9.17) is 22.4 Å². The van der Waals surface area contributed by atoms with Gasteiger partial charge in [-0.3, -0.25) is 4.98 Å².